The molecule has 0 aliphatic heterocycles. The molecule has 1 amide bonds. The molecule has 0 saturated carbocycles. The average Bonchev–Trinajstić information content (AvgIpc) is 2.67. The smallest absolute Gasteiger partial charge is 0.253 e. The summed E-state index contributed by atoms with van der Waals surface area (Å²) in [6.07, 6.45) is 0.758. The molecule has 0 unspecified atom stereocenters. The third-order valence-corrected chi connectivity index (χ3v) is 4.26. The van der Waals surface area contributed by atoms with Crippen molar-refractivity contribution in [3.05, 3.63) is 71.3 Å². The predicted octanol–water partition coefficient (Wildman–Crippen LogP) is 3.08. The molecule has 0 aliphatic carbocycles. The largest absolute Gasteiger partial charge is 0.392 e. The molecule has 0 atom stereocenters. The van der Waals surface area contributed by atoms with Gasteiger partial charge in [-0.25, -0.2) is 4.98 Å². The van der Waals surface area contributed by atoms with Gasteiger partial charge in [0.1, 0.15) is 5.82 Å². The molecule has 134 valence electrons. The van der Waals surface area contributed by atoms with Gasteiger partial charge in [0.25, 0.3) is 5.91 Å². The molecular weight excluding hydrogens is 326 g/mol. The lowest BCUT2D eigenvalue weighted by Crippen LogP contribution is -2.21. The lowest BCUT2D eigenvalue weighted by Gasteiger charge is -2.13. The zero-order valence-corrected chi connectivity index (χ0v) is 15.1. The Morgan fingerprint density at radius 2 is 1.92 bits per heavy atom. The first-order valence-corrected chi connectivity index (χ1v) is 8.62. The van der Waals surface area contributed by atoms with E-state index in [1.165, 1.54) is 0 Å². The molecule has 3 rings (SSSR count). The average molecular weight is 349 g/mol. The lowest BCUT2D eigenvalue weighted by molar-refractivity contribution is 0.0827. The maximum absolute atomic E-state index is 12.1. The summed E-state index contributed by atoms with van der Waals surface area (Å²) in [5, 5.41) is 13.9. The number of aliphatic hydroxyl groups is 1. The maximum Gasteiger partial charge on any atom is 0.253 e. The molecule has 0 spiro atoms. The molecule has 5 heteroatoms. The van der Waals surface area contributed by atoms with Crippen LogP contribution in [0.1, 0.15) is 21.5 Å². The van der Waals surface area contributed by atoms with Crippen molar-refractivity contribution in [1.29, 1.82) is 0 Å². The summed E-state index contributed by atoms with van der Waals surface area (Å²) in [6.45, 7) is 0.602. The first-order chi connectivity index (χ1) is 12.6. The van der Waals surface area contributed by atoms with Gasteiger partial charge in [-0.2, -0.15) is 0 Å². The van der Waals surface area contributed by atoms with Gasteiger partial charge >= 0.3 is 0 Å². The van der Waals surface area contributed by atoms with Crippen LogP contribution in [0.4, 0.5) is 5.82 Å². The Balaban J connectivity index is 1.71. The van der Waals surface area contributed by atoms with E-state index in [1.807, 2.05) is 54.6 Å². The van der Waals surface area contributed by atoms with Crippen molar-refractivity contribution >= 4 is 22.6 Å². The number of rotatable bonds is 6. The van der Waals surface area contributed by atoms with Gasteiger partial charge in [0.05, 0.1) is 12.1 Å². The fraction of sp³-hybridized carbons (Fsp3) is 0.238. The monoisotopic (exact) mass is 349 g/mol. The van der Waals surface area contributed by atoms with Crippen LogP contribution in [0, 0.1) is 0 Å². The van der Waals surface area contributed by atoms with Crippen LogP contribution >= 0.6 is 0 Å². The number of aromatic nitrogens is 1. The summed E-state index contributed by atoms with van der Waals surface area (Å²) in [4.78, 5) is 18.3. The van der Waals surface area contributed by atoms with Crippen LogP contribution < -0.4 is 5.32 Å². The SMILES string of the molecule is CN(C)C(=O)c1cccc(CCNc2nc3ccccc3cc2CO)c1. The van der Waals surface area contributed by atoms with Gasteiger partial charge in [-0.1, -0.05) is 30.3 Å². The molecule has 2 aromatic carbocycles. The van der Waals surface area contributed by atoms with E-state index >= 15 is 0 Å². The number of anilines is 1. The van der Waals surface area contributed by atoms with Crippen LogP contribution in [-0.2, 0) is 13.0 Å². The number of pyridine rings is 1. The third kappa shape index (κ3) is 4.00. The fourth-order valence-corrected chi connectivity index (χ4v) is 2.88. The van der Waals surface area contributed by atoms with E-state index in [2.05, 4.69) is 10.3 Å². The zero-order chi connectivity index (χ0) is 18.5. The van der Waals surface area contributed by atoms with Crippen LogP contribution in [0.5, 0.6) is 0 Å². The van der Waals surface area contributed by atoms with Crippen LogP contribution in [-0.4, -0.2) is 41.5 Å². The van der Waals surface area contributed by atoms with E-state index in [9.17, 15) is 9.90 Å². The topological polar surface area (TPSA) is 65.5 Å². The second-order valence-corrected chi connectivity index (χ2v) is 6.42. The lowest BCUT2D eigenvalue weighted by atomic mass is 10.1. The molecule has 3 aromatic rings. The van der Waals surface area contributed by atoms with Crippen LogP contribution in [0.25, 0.3) is 10.9 Å². The minimum atomic E-state index is -0.0625. The quantitative estimate of drug-likeness (QED) is 0.718. The molecule has 0 bridgehead atoms. The summed E-state index contributed by atoms with van der Waals surface area (Å²) in [6, 6.07) is 17.5. The second-order valence-electron chi connectivity index (χ2n) is 6.42. The fourth-order valence-electron chi connectivity index (χ4n) is 2.88. The van der Waals surface area contributed by atoms with Crippen molar-refractivity contribution < 1.29 is 9.90 Å². The van der Waals surface area contributed by atoms with Gasteiger partial charge in [0.2, 0.25) is 0 Å². The van der Waals surface area contributed by atoms with Gasteiger partial charge in [-0.3, -0.25) is 4.79 Å². The predicted molar refractivity (Wildman–Crippen MR) is 104 cm³/mol. The Kier molecular flexibility index (Phi) is 5.49. The molecule has 2 N–H and O–H groups in total. The minimum absolute atomic E-state index is 0.00132. The van der Waals surface area contributed by atoms with E-state index in [1.54, 1.807) is 19.0 Å². The molecule has 1 aromatic heterocycles. The highest BCUT2D eigenvalue weighted by molar-refractivity contribution is 5.94. The summed E-state index contributed by atoms with van der Waals surface area (Å²) in [5.41, 5.74) is 3.44. The number of amides is 1. The Morgan fingerprint density at radius 3 is 2.69 bits per heavy atom. The van der Waals surface area contributed by atoms with Gasteiger partial charge in [-0.15, -0.1) is 0 Å². The van der Waals surface area contributed by atoms with Crippen molar-refractivity contribution in [3.8, 4) is 0 Å². The van der Waals surface area contributed by atoms with E-state index < -0.39 is 0 Å². The van der Waals surface area contributed by atoms with E-state index in [0.29, 0.717) is 17.9 Å². The minimum Gasteiger partial charge on any atom is -0.392 e. The normalized spacial score (nSPS) is 10.7. The molecule has 0 saturated heterocycles. The second kappa shape index (κ2) is 7.97. The Labute approximate surface area is 153 Å². The van der Waals surface area contributed by atoms with Crippen molar-refractivity contribution in [2.24, 2.45) is 0 Å². The summed E-state index contributed by atoms with van der Waals surface area (Å²) in [7, 11) is 3.50. The van der Waals surface area contributed by atoms with Crippen LogP contribution in [0.2, 0.25) is 0 Å². The molecular formula is C21H23N3O2. The van der Waals surface area contributed by atoms with Gasteiger partial charge in [-0.05, 0) is 36.2 Å². The standard InChI is InChI=1S/C21H23N3O2/c1-24(2)21(26)17-8-5-6-15(12-17)10-11-22-20-18(14-25)13-16-7-3-4-9-19(16)23-20/h3-9,12-13,25H,10-11,14H2,1-2H3,(H,22,23). The summed E-state index contributed by atoms with van der Waals surface area (Å²) < 4.78 is 0. The highest BCUT2D eigenvalue weighted by Gasteiger charge is 2.09. The van der Waals surface area contributed by atoms with Crippen molar-refractivity contribution in [2.45, 2.75) is 13.0 Å². The van der Waals surface area contributed by atoms with Crippen LogP contribution in [0.3, 0.4) is 0 Å². The van der Waals surface area contributed by atoms with E-state index in [-0.39, 0.29) is 12.5 Å². The van der Waals surface area contributed by atoms with Crippen molar-refractivity contribution in [3.63, 3.8) is 0 Å². The number of benzene rings is 2. The zero-order valence-electron chi connectivity index (χ0n) is 15.1. The number of carbonyl (C=O) groups excluding carboxylic acids is 1. The Morgan fingerprint density at radius 1 is 1.12 bits per heavy atom. The molecule has 26 heavy (non-hydrogen) atoms. The molecule has 0 fully saturated rings. The van der Waals surface area contributed by atoms with Gasteiger partial charge in [0, 0.05) is 37.2 Å². The van der Waals surface area contributed by atoms with Crippen molar-refractivity contribution in [1.82, 2.24) is 9.88 Å². The third-order valence-electron chi connectivity index (χ3n) is 4.26. The number of aliphatic hydroxyl groups excluding tert-OH is 1. The van der Waals surface area contributed by atoms with E-state index in [0.717, 1.165) is 28.5 Å². The van der Waals surface area contributed by atoms with E-state index in [4.69, 9.17) is 0 Å². The van der Waals surface area contributed by atoms with Gasteiger partial charge < -0.3 is 15.3 Å². The number of hydrogen-bond donors (Lipinski definition) is 2. The number of para-hydroxylation sites is 1. The number of nitrogens with one attached hydrogen (secondary N) is 1. The molecule has 1 heterocycles. The molecule has 0 radical (unpaired) electrons. The highest BCUT2D eigenvalue weighted by Crippen LogP contribution is 2.20. The number of fused-ring (bicyclic) bond motifs is 1. The number of hydrogen-bond acceptors (Lipinski definition) is 4. The molecule has 0 aliphatic rings. The Hall–Kier alpha value is -2.92. The first-order valence-electron chi connectivity index (χ1n) is 8.62. The summed E-state index contributed by atoms with van der Waals surface area (Å²) in [5.74, 6) is 0.699. The number of carbonyl (C=O) groups is 1. The maximum atomic E-state index is 12.1. The number of nitrogens with zero attached hydrogens (tertiary/aromatic N) is 2. The Bertz CT molecular complexity index is 922. The molecule has 5 nitrogen and oxygen atoms in total. The van der Waals surface area contributed by atoms with Crippen molar-refractivity contribution in [2.75, 3.05) is 26.0 Å². The first kappa shape index (κ1) is 17.9. The summed E-state index contributed by atoms with van der Waals surface area (Å²) >= 11 is 0. The van der Waals surface area contributed by atoms with Gasteiger partial charge in [0.15, 0.2) is 0 Å². The van der Waals surface area contributed by atoms with Crippen LogP contribution in [0.15, 0.2) is 54.6 Å². The highest BCUT2D eigenvalue weighted by atomic mass is 16.3.